The zero-order valence-corrected chi connectivity index (χ0v) is 12.9. The topological polar surface area (TPSA) is 24.9 Å². The Morgan fingerprint density at radius 1 is 1.15 bits per heavy atom. The van der Waals surface area contributed by atoms with E-state index < -0.39 is 11.6 Å². The van der Waals surface area contributed by atoms with Gasteiger partial charge in [-0.1, -0.05) is 22.9 Å². The third-order valence-corrected chi connectivity index (χ3v) is 4.40. The van der Waals surface area contributed by atoms with Crippen molar-refractivity contribution in [2.75, 3.05) is 5.32 Å². The summed E-state index contributed by atoms with van der Waals surface area (Å²) in [6, 6.07) is 7.49. The van der Waals surface area contributed by atoms with E-state index in [1.807, 2.05) is 6.07 Å². The Hall–Kier alpha value is -1.24. The van der Waals surface area contributed by atoms with Crippen LogP contribution in [-0.2, 0) is 0 Å². The number of benzene rings is 2. The Labute approximate surface area is 130 Å². The number of hydrogen-bond donors (Lipinski definition) is 1. The standard InChI is InChI=1S/C13H6BrClF2N2S/c14-7-4-10(9(17)5-8(7)16)18-13-19-11-3-6(15)1-2-12(11)20-13/h1-5H,(H,18,19). The first-order valence-corrected chi connectivity index (χ1v) is 7.49. The third-order valence-electron chi connectivity index (χ3n) is 2.60. The Morgan fingerprint density at radius 3 is 2.75 bits per heavy atom. The van der Waals surface area contributed by atoms with Crippen LogP contribution >= 0.6 is 38.9 Å². The molecule has 7 heteroatoms. The van der Waals surface area contributed by atoms with Crippen LogP contribution in [0.25, 0.3) is 10.2 Å². The van der Waals surface area contributed by atoms with E-state index in [0.29, 0.717) is 10.2 Å². The highest BCUT2D eigenvalue weighted by molar-refractivity contribution is 9.10. The fourth-order valence-corrected chi connectivity index (χ4v) is 3.06. The summed E-state index contributed by atoms with van der Waals surface area (Å²) in [6.07, 6.45) is 0. The van der Waals surface area contributed by atoms with Gasteiger partial charge in [-0.3, -0.25) is 0 Å². The molecule has 102 valence electrons. The van der Waals surface area contributed by atoms with Gasteiger partial charge in [-0.05, 0) is 40.2 Å². The molecule has 0 unspecified atom stereocenters. The molecular weight excluding hydrogens is 370 g/mol. The minimum atomic E-state index is -0.678. The summed E-state index contributed by atoms with van der Waals surface area (Å²) >= 11 is 10.3. The lowest BCUT2D eigenvalue weighted by Crippen LogP contribution is -1.94. The van der Waals surface area contributed by atoms with Crippen LogP contribution in [0.2, 0.25) is 5.02 Å². The molecule has 0 aliphatic rings. The van der Waals surface area contributed by atoms with Crippen LogP contribution in [0.4, 0.5) is 19.6 Å². The van der Waals surface area contributed by atoms with Gasteiger partial charge in [-0.25, -0.2) is 13.8 Å². The summed E-state index contributed by atoms with van der Waals surface area (Å²) in [5.74, 6) is -1.33. The highest BCUT2D eigenvalue weighted by Crippen LogP contribution is 2.32. The first kappa shape index (κ1) is 13.7. The maximum Gasteiger partial charge on any atom is 0.188 e. The van der Waals surface area contributed by atoms with Crippen molar-refractivity contribution in [3.63, 3.8) is 0 Å². The molecule has 0 atom stereocenters. The molecule has 3 aromatic rings. The second-order valence-corrected chi connectivity index (χ2v) is 6.32. The summed E-state index contributed by atoms with van der Waals surface area (Å²) in [4.78, 5) is 4.31. The lowest BCUT2D eigenvalue weighted by molar-refractivity contribution is 0.581. The van der Waals surface area contributed by atoms with Gasteiger partial charge in [0.1, 0.15) is 11.6 Å². The van der Waals surface area contributed by atoms with Crippen LogP contribution < -0.4 is 5.32 Å². The second-order valence-electron chi connectivity index (χ2n) is 4.00. The quantitative estimate of drug-likeness (QED) is 0.578. The van der Waals surface area contributed by atoms with Crippen LogP contribution in [-0.4, -0.2) is 4.98 Å². The first-order chi connectivity index (χ1) is 9.52. The Balaban J connectivity index is 1.99. The molecule has 0 fully saturated rings. The predicted molar refractivity (Wildman–Crippen MR) is 82.0 cm³/mol. The SMILES string of the molecule is Fc1cc(F)c(Nc2nc3cc(Cl)ccc3s2)cc1Br. The monoisotopic (exact) mass is 374 g/mol. The number of halogens is 4. The van der Waals surface area contributed by atoms with E-state index in [-0.39, 0.29) is 10.2 Å². The molecule has 0 spiro atoms. The number of hydrogen-bond acceptors (Lipinski definition) is 3. The molecule has 2 nitrogen and oxygen atoms in total. The number of nitrogens with zero attached hydrogens (tertiary/aromatic N) is 1. The third kappa shape index (κ3) is 2.63. The van der Waals surface area contributed by atoms with Gasteiger partial charge in [-0.15, -0.1) is 0 Å². The van der Waals surface area contributed by atoms with Gasteiger partial charge in [0.05, 0.1) is 20.4 Å². The van der Waals surface area contributed by atoms with Gasteiger partial charge >= 0.3 is 0 Å². The summed E-state index contributed by atoms with van der Waals surface area (Å²) in [5, 5.41) is 3.94. The first-order valence-electron chi connectivity index (χ1n) is 5.50. The van der Waals surface area contributed by atoms with E-state index in [1.165, 1.54) is 17.4 Å². The number of nitrogens with one attached hydrogen (secondary N) is 1. The Morgan fingerprint density at radius 2 is 1.95 bits per heavy atom. The van der Waals surface area contributed by atoms with E-state index in [9.17, 15) is 8.78 Å². The summed E-state index contributed by atoms with van der Waals surface area (Å²) < 4.78 is 28.0. The van der Waals surface area contributed by atoms with Crippen molar-refractivity contribution in [1.29, 1.82) is 0 Å². The fraction of sp³-hybridized carbons (Fsp3) is 0. The summed E-state index contributed by atoms with van der Waals surface area (Å²) in [5.41, 5.74) is 0.884. The average molecular weight is 376 g/mol. The smallest absolute Gasteiger partial charge is 0.188 e. The van der Waals surface area contributed by atoms with E-state index in [2.05, 4.69) is 26.2 Å². The van der Waals surface area contributed by atoms with Gasteiger partial charge in [0.25, 0.3) is 0 Å². The molecule has 0 saturated heterocycles. The van der Waals surface area contributed by atoms with Crippen LogP contribution in [0.15, 0.2) is 34.8 Å². The molecule has 0 aliphatic carbocycles. The van der Waals surface area contributed by atoms with Crippen molar-refractivity contribution in [3.05, 3.63) is 51.5 Å². The molecule has 3 rings (SSSR count). The molecule has 0 saturated carbocycles. The molecular formula is C13H6BrClF2N2S. The van der Waals surface area contributed by atoms with Crippen LogP contribution in [0.3, 0.4) is 0 Å². The van der Waals surface area contributed by atoms with Gasteiger partial charge in [0, 0.05) is 11.1 Å². The maximum atomic E-state index is 13.7. The van der Waals surface area contributed by atoms with Crippen LogP contribution in [0, 0.1) is 11.6 Å². The van der Waals surface area contributed by atoms with Gasteiger partial charge in [-0.2, -0.15) is 0 Å². The largest absolute Gasteiger partial charge is 0.329 e. The van der Waals surface area contributed by atoms with E-state index in [4.69, 9.17) is 11.6 Å². The molecule has 2 aromatic carbocycles. The minimum Gasteiger partial charge on any atom is -0.329 e. The van der Waals surface area contributed by atoms with Gasteiger partial charge < -0.3 is 5.32 Å². The molecule has 1 aromatic heterocycles. The second kappa shape index (κ2) is 5.27. The molecule has 20 heavy (non-hydrogen) atoms. The zero-order valence-electron chi connectivity index (χ0n) is 9.75. The van der Waals surface area contributed by atoms with Crippen LogP contribution in [0.1, 0.15) is 0 Å². The van der Waals surface area contributed by atoms with Crippen molar-refractivity contribution in [3.8, 4) is 0 Å². The minimum absolute atomic E-state index is 0.156. The number of rotatable bonds is 2. The van der Waals surface area contributed by atoms with Crippen molar-refractivity contribution < 1.29 is 8.78 Å². The lowest BCUT2D eigenvalue weighted by Gasteiger charge is -2.05. The average Bonchev–Trinajstić information content (AvgIpc) is 2.77. The Kier molecular flexibility index (Phi) is 3.62. The van der Waals surface area contributed by atoms with Crippen LogP contribution in [0.5, 0.6) is 0 Å². The number of fused-ring (bicyclic) bond motifs is 1. The highest BCUT2D eigenvalue weighted by Gasteiger charge is 2.11. The van der Waals surface area contributed by atoms with Crippen molar-refractivity contribution in [1.82, 2.24) is 4.98 Å². The van der Waals surface area contributed by atoms with Gasteiger partial charge in [0.15, 0.2) is 5.13 Å². The molecule has 0 bridgehead atoms. The maximum absolute atomic E-state index is 13.7. The lowest BCUT2D eigenvalue weighted by atomic mass is 10.3. The molecule has 0 radical (unpaired) electrons. The van der Waals surface area contributed by atoms with Crippen molar-refractivity contribution in [2.24, 2.45) is 0 Å². The fourth-order valence-electron chi connectivity index (χ4n) is 1.69. The summed E-state index contributed by atoms with van der Waals surface area (Å²) in [6.45, 7) is 0. The van der Waals surface area contributed by atoms with E-state index >= 15 is 0 Å². The van der Waals surface area contributed by atoms with E-state index in [0.717, 1.165) is 16.3 Å². The number of thiazole rings is 1. The molecule has 0 amide bonds. The van der Waals surface area contributed by atoms with Crippen molar-refractivity contribution >= 4 is 59.9 Å². The molecule has 0 aliphatic heterocycles. The Bertz CT molecular complexity index is 806. The van der Waals surface area contributed by atoms with Gasteiger partial charge in [0.2, 0.25) is 0 Å². The molecule has 1 heterocycles. The number of aromatic nitrogens is 1. The molecule has 1 N–H and O–H groups in total. The normalized spacial score (nSPS) is 11.0. The predicted octanol–water partition coefficient (Wildman–Crippen LogP) is 5.73. The zero-order chi connectivity index (χ0) is 14.3. The highest BCUT2D eigenvalue weighted by atomic mass is 79.9. The van der Waals surface area contributed by atoms with Crippen molar-refractivity contribution in [2.45, 2.75) is 0 Å². The van der Waals surface area contributed by atoms with E-state index in [1.54, 1.807) is 12.1 Å². The number of anilines is 2. The summed E-state index contributed by atoms with van der Waals surface area (Å²) in [7, 11) is 0.